The highest BCUT2D eigenvalue weighted by atomic mass is 16.6. The van der Waals surface area contributed by atoms with Crippen molar-refractivity contribution in [2.45, 2.75) is 131 Å². The van der Waals surface area contributed by atoms with E-state index < -0.39 is 6.10 Å². The van der Waals surface area contributed by atoms with Gasteiger partial charge in [-0.25, -0.2) is 0 Å². The Kier molecular flexibility index (Phi) is 5.44. The number of aliphatic hydroxyl groups is 2. The first kappa shape index (κ1) is 25.0. The molecule has 5 rings (SSSR count). The van der Waals surface area contributed by atoms with E-state index >= 15 is 0 Å². The number of ketones is 1. The first-order valence-corrected chi connectivity index (χ1v) is 13.9. The highest BCUT2D eigenvalue weighted by molar-refractivity contribution is 5.85. The topological polar surface area (TPSA) is 70.1 Å². The van der Waals surface area contributed by atoms with Crippen LogP contribution in [0.3, 0.4) is 0 Å². The number of rotatable bonds is 4. The molecule has 2 N–H and O–H groups in total. The highest BCUT2D eigenvalue weighted by Gasteiger charge is 2.69. The summed E-state index contributed by atoms with van der Waals surface area (Å²) in [5.74, 6) is 1.28. The maximum atomic E-state index is 12.9. The number of ether oxygens (including phenoxy) is 1. The van der Waals surface area contributed by atoms with Crippen LogP contribution >= 0.6 is 0 Å². The van der Waals surface area contributed by atoms with Crippen LogP contribution in [0.15, 0.2) is 11.1 Å². The van der Waals surface area contributed by atoms with Crippen LogP contribution in [-0.2, 0) is 9.53 Å². The summed E-state index contributed by atoms with van der Waals surface area (Å²) >= 11 is 0. The molecule has 3 saturated carbocycles. The summed E-state index contributed by atoms with van der Waals surface area (Å²) in [5.41, 5.74) is 2.59. The van der Waals surface area contributed by atoms with Gasteiger partial charge in [-0.15, -0.1) is 0 Å². The zero-order chi connectivity index (χ0) is 25.1. The number of epoxide rings is 1. The van der Waals surface area contributed by atoms with Crippen molar-refractivity contribution >= 4 is 5.78 Å². The monoisotopic (exact) mass is 472 g/mol. The summed E-state index contributed by atoms with van der Waals surface area (Å²) in [5, 5.41) is 22.6. The van der Waals surface area contributed by atoms with Gasteiger partial charge in [0.15, 0.2) is 0 Å². The number of Topliss-reactive ketones (excluding diaryl/α,β-unsaturated/α-hetero) is 1. The molecule has 0 radical (unpaired) electrons. The van der Waals surface area contributed by atoms with E-state index in [1.165, 1.54) is 11.1 Å². The SMILES string of the molecule is CC(CC(O)C1OC1(C)C)C1=C2CC(O)[C@@H]3C(C)(CCC4C(C)(C)C(=O)CC[C@@]43C)[C@@]2(C)CC1. The van der Waals surface area contributed by atoms with Crippen LogP contribution in [0.4, 0.5) is 0 Å². The van der Waals surface area contributed by atoms with Crippen LogP contribution in [0.5, 0.6) is 0 Å². The van der Waals surface area contributed by atoms with E-state index in [1.54, 1.807) is 0 Å². The Morgan fingerprint density at radius 3 is 2.29 bits per heavy atom. The molecule has 1 saturated heterocycles. The lowest BCUT2D eigenvalue weighted by atomic mass is 9.36. The third-order valence-electron chi connectivity index (χ3n) is 12.2. The molecule has 1 heterocycles. The van der Waals surface area contributed by atoms with Crippen LogP contribution in [0.25, 0.3) is 0 Å². The Bertz CT molecular complexity index is 917. The van der Waals surface area contributed by atoms with Crippen molar-refractivity contribution in [1.82, 2.24) is 0 Å². The average molecular weight is 473 g/mol. The van der Waals surface area contributed by atoms with Crippen LogP contribution < -0.4 is 0 Å². The predicted octanol–water partition coefficient (Wildman–Crippen LogP) is 5.84. The lowest BCUT2D eigenvalue weighted by Gasteiger charge is -2.69. The standard InChI is InChI=1S/C30H48O4/c1-17(15-21(32)25-27(4,5)34-25)18-9-13-29(7)19(18)16-20(31)24-28(6)12-11-23(33)26(2,3)22(28)10-14-30(24,29)8/h17,20-22,24-25,31-32H,9-16H2,1-8H3/t17?,20?,21?,22?,24-,25?,28-,29-,30?/m0/s1. The molecule has 4 aliphatic carbocycles. The Balaban J connectivity index is 1.47. The first-order chi connectivity index (χ1) is 15.6. The maximum absolute atomic E-state index is 12.9. The van der Waals surface area contributed by atoms with Gasteiger partial charge in [0.1, 0.15) is 11.9 Å². The zero-order valence-corrected chi connectivity index (χ0v) is 22.8. The van der Waals surface area contributed by atoms with Gasteiger partial charge in [0.25, 0.3) is 0 Å². The van der Waals surface area contributed by atoms with E-state index in [0.717, 1.165) is 44.9 Å². The van der Waals surface area contributed by atoms with Crippen LogP contribution in [0.1, 0.15) is 107 Å². The second-order valence-electron chi connectivity index (χ2n) is 14.6. The van der Waals surface area contributed by atoms with Crippen molar-refractivity contribution in [1.29, 1.82) is 0 Å². The average Bonchev–Trinajstić information content (AvgIpc) is 3.23. The lowest BCUT2D eigenvalue weighted by molar-refractivity contribution is -0.208. The molecule has 0 aromatic carbocycles. The van der Waals surface area contributed by atoms with E-state index in [9.17, 15) is 15.0 Å². The summed E-state index contributed by atoms with van der Waals surface area (Å²) in [4.78, 5) is 12.9. The molecule has 0 aromatic rings. The molecular weight excluding hydrogens is 424 g/mol. The Morgan fingerprint density at radius 2 is 1.68 bits per heavy atom. The van der Waals surface area contributed by atoms with E-state index in [4.69, 9.17) is 4.74 Å². The van der Waals surface area contributed by atoms with Crippen molar-refractivity contribution in [2.75, 3.05) is 0 Å². The number of allylic oxidation sites excluding steroid dienone is 1. The molecule has 4 heteroatoms. The molecule has 34 heavy (non-hydrogen) atoms. The van der Waals surface area contributed by atoms with Crippen LogP contribution in [-0.4, -0.2) is 39.9 Å². The number of fused-ring (bicyclic) bond motifs is 5. The van der Waals surface area contributed by atoms with Crippen molar-refractivity contribution in [2.24, 2.45) is 39.4 Å². The largest absolute Gasteiger partial charge is 0.392 e. The molecule has 192 valence electrons. The maximum Gasteiger partial charge on any atom is 0.138 e. The molecule has 0 aromatic heterocycles. The molecule has 4 nitrogen and oxygen atoms in total. The van der Waals surface area contributed by atoms with Crippen molar-refractivity contribution in [3.8, 4) is 0 Å². The van der Waals surface area contributed by atoms with Gasteiger partial charge in [-0.1, -0.05) is 52.7 Å². The number of carbonyl (C=O) groups excluding carboxylic acids is 1. The second-order valence-corrected chi connectivity index (χ2v) is 14.6. The smallest absolute Gasteiger partial charge is 0.138 e. The van der Waals surface area contributed by atoms with Gasteiger partial charge in [0.05, 0.1) is 17.8 Å². The summed E-state index contributed by atoms with van der Waals surface area (Å²) < 4.78 is 5.72. The molecule has 4 fully saturated rings. The molecule has 5 aliphatic rings. The molecular formula is C30H48O4. The van der Waals surface area contributed by atoms with Crippen molar-refractivity contribution < 1.29 is 19.7 Å². The van der Waals surface area contributed by atoms with Gasteiger partial charge in [-0.2, -0.15) is 0 Å². The zero-order valence-electron chi connectivity index (χ0n) is 22.8. The minimum absolute atomic E-state index is 0.00216. The van der Waals surface area contributed by atoms with Crippen molar-refractivity contribution in [3.63, 3.8) is 0 Å². The number of aliphatic hydroxyl groups excluding tert-OH is 2. The van der Waals surface area contributed by atoms with Gasteiger partial charge < -0.3 is 14.9 Å². The van der Waals surface area contributed by atoms with Crippen LogP contribution in [0.2, 0.25) is 0 Å². The minimum Gasteiger partial charge on any atom is -0.392 e. The Morgan fingerprint density at radius 1 is 1.03 bits per heavy atom. The fourth-order valence-corrected chi connectivity index (χ4v) is 10.1. The Labute approximate surface area is 206 Å². The van der Waals surface area contributed by atoms with E-state index in [0.29, 0.717) is 24.0 Å². The van der Waals surface area contributed by atoms with E-state index in [2.05, 4.69) is 55.4 Å². The van der Waals surface area contributed by atoms with Gasteiger partial charge in [-0.05, 0) is 92.8 Å². The lowest BCUT2D eigenvalue weighted by Crippen LogP contribution is -2.65. The fraction of sp³-hybridized carbons (Fsp3) is 0.900. The van der Waals surface area contributed by atoms with E-state index in [1.807, 2.05) is 0 Å². The van der Waals surface area contributed by atoms with Gasteiger partial charge >= 0.3 is 0 Å². The predicted molar refractivity (Wildman–Crippen MR) is 134 cm³/mol. The van der Waals surface area contributed by atoms with Crippen LogP contribution in [0, 0.1) is 39.4 Å². The molecule has 0 amide bonds. The normalized spacial score (nSPS) is 48.6. The first-order valence-electron chi connectivity index (χ1n) is 13.9. The number of carbonyl (C=O) groups is 1. The fourth-order valence-electron chi connectivity index (χ4n) is 10.1. The third-order valence-corrected chi connectivity index (χ3v) is 12.2. The van der Waals surface area contributed by atoms with Gasteiger partial charge in [-0.3, -0.25) is 4.79 Å². The highest BCUT2D eigenvalue weighted by Crippen LogP contribution is 2.74. The summed E-state index contributed by atoms with van der Waals surface area (Å²) in [6.45, 7) is 18.0. The molecule has 0 bridgehead atoms. The molecule has 6 unspecified atom stereocenters. The summed E-state index contributed by atoms with van der Waals surface area (Å²) in [6, 6.07) is 0. The minimum atomic E-state index is -0.432. The Hall–Kier alpha value is -0.710. The van der Waals surface area contributed by atoms with E-state index in [-0.39, 0.29) is 45.4 Å². The second kappa shape index (κ2) is 7.42. The van der Waals surface area contributed by atoms with Gasteiger partial charge in [0, 0.05) is 11.8 Å². The third kappa shape index (κ3) is 3.16. The molecule has 0 spiro atoms. The molecule has 1 aliphatic heterocycles. The molecule has 9 atom stereocenters. The summed E-state index contributed by atoms with van der Waals surface area (Å²) in [7, 11) is 0. The summed E-state index contributed by atoms with van der Waals surface area (Å²) in [6.07, 6.45) is 6.59. The quantitative estimate of drug-likeness (QED) is 0.398. The number of hydrogen-bond donors (Lipinski definition) is 2. The number of hydrogen-bond acceptors (Lipinski definition) is 4. The van der Waals surface area contributed by atoms with Crippen molar-refractivity contribution in [3.05, 3.63) is 11.1 Å². The van der Waals surface area contributed by atoms with Gasteiger partial charge in [0.2, 0.25) is 0 Å².